The molecule has 0 atom stereocenters. The highest BCUT2D eigenvalue weighted by molar-refractivity contribution is 6.20. The van der Waals surface area contributed by atoms with E-state index in [2.05, 4.69) is 0 Å². The van der Waals surface area contributed by atoms with Gasteiger partial charge in [0.25, 0.3) is 0 Å². The van der Waals surface area contributed by atoms with E-state index in [1.807, 2.05) is 45.0 Å². The SMILES string of the molecule is CC(=O)CC(C)(C)CC1=C(C)c2ccccc2C1=O. The van der Waals surface area contributed by atoms with Crippen molar-refractivity contribution in [1.29, 1.82) is 0 Å². The Bertz CT molecular complexity index is 577. The lowest BCUT2D eigenvalue weighted by atomic mass is 9.80. The van der Waals surface area contributed by atoms with E-state index in [0.29, 0.717) is 12.8 Å². The first-order valence-corrected chi connectivity index (χ1v) is 6.65. The van der Waals surface area contributed by atoms with E-state index in [9.17, 15) is 9.59 Å². The molecule has 0 saturated carbocycles. The number of fused-ring (bicyclic) bond motifs is 1. The van der Waals surface area contributed by atoms with Crippen LogP contribution in [0.25, 0.3) is 5.57 Å². The van der Waals surface area contributed by atoms with Crippen molar-refractivity contribution in [3.63, 3.8) is 0 Å². The summed E-state index contributed by atoms with van der Waals surface area (Å²) >= 11 is 0. The summed E-state index contributed by atoms with van der Waals surface area (Å²) in [4.78, 5) is 23.7. The average molecular weight is 256 g/mol. The van der Waals surface area contributed by atoms with Gasteiger partial charge in [0.15, 0.2) is 5.78 Å². The number of hydrogen-bond acceptors (Lipinski definition) is 2. The molecule has 2 rings (SSSR count). The molecule has 1 aromatic rings. The van der Waals surface area contributed by atoms with E-state index in [1.54, 1.807) is 6.92 Å². The number of hydrogen-bond donors (Lipinski definition) is 0. The number of rotatable bonds is 4. The molecule has 19 heavy (non-hydrogen) atoms. The Hall–Kier alpha value is -1.70. The summed E-state index contributed by atoms with van der Waals surface area (Å²) in [5.41, 5.74) is 3.61. The molecule has 0 saturated heterocycles. The minimum absolute atomic E-state index is 0.129. The number of benzene rings is 1. The van der Waals surface area contributed by atoms with Crippen LogP contribution in [0.4, 0.5) is 0 Å². The van der Waals surface area contributed by atoms with Gasteiger partial charge in [-0.15, -0.1) is 0 Å². The average Bonchev–Trinajstić information content (AvgIpc) is 2.53. The van der Waals surface area contributed by atoms with Crippen LogP contribution < -0.4 is 0 Å². The largest absolute Gasteiger partial charge is 0.300 e. The normalized spacial score (nSPS) is 14.8. The molecular formula is C17H20O2. The summed E-state index contributed by atoms with van der Waals surface area (Å²) in [6, 6.07) is 7.73. The fourth-order valence-corrected chi connectivity index (χ4v) is 2.93. The van der Waals surface area contributed by atoms with Crippen LogP contribution in [0, 0.1) is 5.41 Å². The number of carbonyl (C=O) groups is 2. The number of Topliss-reactive ketones (excluding diaryl/α,β-unsaturated/α-hetero) is 2. The number of ketones is 2. The van der Waals surface area contributed by atoms with E-state index < -0.39 is 0 Å². The van der Waals surface area contributed by atoms with Crippen LogP contribution in [0.5, 0.6) is 0 Å². The van der Waals surface area contributed by atoms with Crippen molar-refractivity contribution in [3.8, 4) is 0 Å². The van der Waals surface area contributed by atoms with Crippen molar-refractivity contribution in [2.24, 2.45) is 5.41 Å². The van der Waals surface area contributed by atoms with Gasteiger partial charge in [0.2, 0.25) is 0 Å². The molecule has 0 radical (unpaired) electrons. The topological polar surface area (TPSA) is 34.1 Å². The summed E-state index contributed by atoms with van der Waals surface area (Å²) in [5.74, 6) is 0.302. The predicted octanol–water partition coefficient (Wildman–Crippen LogP) is 4.05. The van der Waals surface area contributed by atoms with E-state index in [-0.39, 0.29) is 17.0 Å². The van der Waals surface area contributed by atoms with Gasteiger partial charge in [-0.2, -0.15) is 0 Å². The third kappa shape index (κ3) is 2.67. The fraction of sp³-hybridized carbons (Fsp3) is 0.412. The Kier molecular flexibility index (Phi) is 3.44. The second-order valence-electron chi connectivity index (χ2n) is 6.20. The van der Waals surface area contributed by atoms with Crippen LogP contribution in [0.1, 0.15) is 56.5 Å². The Morgan fingerprint density at radius 3 is 2.26 bits per heavy atom. The molecular weight excluding hydrogens is 236 g/mol. The van der Waals surface area contributed by atoms with Crippen LogP contribution in [-0.4, -0.2) is 11.6 Å². The Morgan fingerprint density at radius 2 is 1.74 bits per heavy atom. The first-order valence-electron chi connectivity index (χ1n) is 6.65. The first kappa shape index (κ1) is 13.7. The second-order valence-corrected chi connectivity index (χ2v) is 6.20. The van der Waals surface area contributed by atoms with Gasteiger partial charge >= 0.3 is 0 Å². The molecule has 100 valence electrons. The van der Waals surface area contributed by atoms with E-state index in [4.69, 9.17) is 0 Å². The zero-order chi connectivity index (χ0) is 14.2. The van der Waals surface area contributed by atoms with Crippen LogP contribution >= 0.6 is 0 Å². The molecule has 0 aromatic heterocycles. The molecule has 0 unspecified atom stereocenters. The van der Waals surface area contributed by atoms with Gasteiger partial charge in [-0.1, -0.05) is 38.1 Å². The molecule has 1 aliphatic carbocycles. The van der Waals surface area contributed by atoms with Gasteiger partial charge in [0, 0.05) is 17.6 Å². The number of carbonyl (C=O) groups excluding carboxylic acids is 2. The van der Waals surface area contributed by atoms with Crippen molar-refractivity contribution in [2.75, 3.05) is 0 Å². The molecule has 0 spiro atoms. The van der Waals surface area contributed by atoms with E-state index in [1.165, 1.54) is 0 Å². The van der Waals surface area contributed by atoms with Crippen molar-refractivity contribution < 1.29 is 9.59 Å². The Balaban J connectivity index is 2.31. The zero-order valence-electron chi connectivity index (χ0n) is 12.0. The van der Waals surface area contributed by atoms with Gasteiger partial charge in [0.05, 0.1) is 0 Å². The summed E-state index contributed by atoms with van der Waals surface area (Å²) < 4.78 is 0. The van der Waals surface area contributed by atoms with Gasteiger partial charge in [-0.25, -0.2) is 0 Å². The second kappa shape index (κ2) is 4.76. The minimum atomic E-state index is -0.167. The molecule has 0 bridgehead atoms. The Morgan fingerprint density at radius 1 is 1.16 bits per heavy atom. The van der Waals surface area contributed by atoms with Crippen LogP contribution in [0.2, 0.25) is 0 Å². The fourth-order valence-electron chi connectivity index (χ4n) is 2.93. The third-order valence-electron chi connectivity index (χ3n) is 3.69. The molecule has 0 fully saturated rings. The van der Waals surface area contributed by atoms with Crippen LogP contribution in [-0.2, 0) is 4.79 Å². The van der Waals surface area contributed by atoms with Crippen LogP contribution in [0.3, 0.4) is 0 Å². The maximum absolute atomic E-state index is 12.4. The molecule has 2 nitrogen and oxygen atoms in total. The molecule has 0 N–H and O–H groups in total. The Labute approximate surface area is 114 Å². The standard InChI is InChI=1S/C17H20O2/c1-11(18)9-17(3,4)10-15-12(2)13-7-5-6-8-14(13)16(15)19/h5-8H,9-10H2,1-4H3. The summed E-state index contributed by atoms with van der Waals surface area (Å²) in [6.45, 7) is 7.70. The highest BCUT2D eigenvalue weighted by Crippen LogP contribution is 2.39. The third-order valence-corrected chi connectivity index (χ3v) is 3.69. The first-order chi connectivity index (χ1) is 8.82. The monoisotopic (exact) mass is 256 g/mol. The summed E-state index contributed by atoms with van der Waals surface area (Å²) in [7, 11) is 0. The maximum atomic E-state index is 12.4. The lowest BCUT2D eigenvalue weighted by Gasteiger charge is -2.23. The maximum Gasteiger partial charge on any atom is 0.189 e. The lowest BCUT2D eigenvalue weighted by Crippen LogP contribution is -2.18. The molecule has 0 heterocycles. The molecule has 1 aromatic carbocycles. The molecule has 0 amide bonds. The van der Waals surface area contributed by atoms with Crippen molar-refractivity contribution in [2.45, 2.75) is 40.5 Å². The lowest BCUT2D eigenvalue weighted by molar-refractivity contribution is -0.118. The summed E-state index contributed by atoms with van der Waals surface area (Å²) in [6.07, 6.45) is 1.17. The summed E-state index contributed by atoms with van der Waals surface area (Å²) in [5, 5.41) is 0. The predicted molar refractivity (Wildman–Crippen MR) is 77.1 cm³/mol. The van der Waals surface area contributed by atoms with Crippen molar-refractivity contribution in [1.82, 2.24) is 0 Å². The molecule has 1 aliphatic rings. The highest BCUT2D eigenvalue weighted by atomic mass is 16.1. The number of allylic oxidation sites excluding steroid dienone is 2. The van der Waals surface area contributed by atoms with Gasteiger partial charge < -0.3 is 4.79 Å². The van der Waals surface area contributed by atoms with Gasteiger partial charge in [0.1, 0.15) is 5.78 Å². The van der Waals surface area contributed by atoms with E-state index >= 15 is 0 Å². The minimum Gasteiger partial charge on any atom is -0.300 e. The van der Waals surface area contributed by atoms with Gasteiger partial charge in [-0.05, 0) is 36.8 Å². The zero-order valence-corrected chi connectivity index (χ0v) is 12.0. The molecule has 2 heteroatoms. The van der Waals surface area contributed by atoms with Crippen molar-refractivity contribution in [3.05, 3.63) is 41.0 Å². The van der Waals surface area contributed by atoms with Gasteiger partial charge in [-0.3, -0.25) is 4.79 Å². The smallest absolute Gasteiger partial charge is 0.189 e. The van der Waals surface area contributed by atoms with E-state index in [0.717, 1.165) is 22.3 Å². The highest BCUT2D eigenvalue weighted by Gasteiger charge is 2.31. The van der Waals surface area contributed by atoms with Crippen LogP contribution in [0.15, 0.2) is 29.8 Å². The van der Waals surface area contributed by atoms with Crippen molar-refractivity contribution >= 4 is 17.1 Å². The molecule has 0 aliphatic heterocycles. The quantitative estimate of drug-likeness (QED) is 0.814.